The zero-order chi connectivity index (χ0) is 33.2. The van der Waals surface area contributed by atoms with Gasteiger partial charge >= 0.3 is 5.97 Å². The van der Waals surface area contributed by atoms with E-state index < -0.39 is 5.60 Å². The molecule has 2 heterocycles. The van der Waals surface area contributed by atoms with Crippen LogP contribution < -0.4 is 15.4 Å². The second-order valence-corrected chi connectivity index (χ2v) is 13.7. The smallest absolute Gasteiger partial charge is 0.340 e. The Bertz CT molecular complexity index is 1670. The van der Waals surface area contributed by atoms with Gasteiger partial charge in [-0.15, -0.1) is 0 Å². The largest absolute Gasteiger partial charge is 0.456 e. The van der Waals surface area contributed by atoms with Gasteiger partial charge in [0.2, 0.25) is 0 Å². The van der Waals surface area contributed by atoms with Gasteiger partial charge in [0.05, 0.1) is 5.56 Å². The lowest BCUT2D eigenvalue weighted by Crippen LogP contribution is -2.33. The molecule has 4 aromatic rings. The van der Waals surface area contributed by atoms with Crippen LogP contribution in [-0.2, 0) is 10.3 Å². The fourth-order valence-corrected chi connectivity index (χ4v) is 7.24. The molecule has 6 heteroatoms. The average molecular weight is 665 g/mol. The molecule has 252 valence electrons. The van der Waals surface area contributed by atoms with E-state index in [0.29, 0.717) is 22.1 Å². The predicted octanol–water partition coefficient (Wildman–Crippen LogP) is 12.5. The lowest BCUT2D eigenvalue weighted by atomic mass is 9.77. The Hall–Kier alpha value is -3.96. The maximum Gasteiger partial charge on any atom is 0.340 e. The normalized spacial score (nSPS) is 15.8. The Kier molecular flexibility index (Phi) is 11.6. The summed E-state index contributed by atoms with van der Waals surface area (Å²) in [5.74, 6) is 1.02. The number of nitrogens with one attached hydrogen (secondary N) is 2. The van der Waals surface area contributed by atoms with Gasteiger partial charge < -0.3 is 20.1 Å². The zero-order valence-electron chi connectivity index (χ0n) is 28.3. The minimum absolute atomic E-state index is 0.333. The first-order valence-corrected chi connectivity index (χ1v) is 18.5. The van der Waals surface area contributed by atoms with Gasteiger partial charge in [0.15, 0.2) is 5.60 Å². The minimum atomic E-state index is -1.11. The molecule has 0 aromatic heterocycles. The number of anilines is 3. The molecule has 0 bridgehead atoms. The zero-order valence-corrected chi connectivity index (χ0v) is 29.0. The third-order valence-electron chi connectivity index (χ3n) is 9.70. The summed E-state index contributed by atoms with van der Waals surface area (Å²) in [5.41, 5.74) is 4.66. The Balaban J connectivity index is 1.06. The lowest BCUT2D eigenvalue weighted by Gasteiger charge is -2.37. The summed E-state index contributed by atoms with van der Waals surface area (Å²) >= 11 is 6.10. The summed E-state index contributed by atoms with van der Waals surface area (Å²) < 4.78 is 12.9. The van der Waals surface area contributed by atoms with Crippen molar-refractivity contribution in [1.29, 1.82) is 0 Å². The Labute approximate surface area is 291 Å². The predicted molar refractivity (Wildman–Crippen MR) is 198 cm³/mol. The van der Waals surface area contributed by atoms with Gasteiger partial charge in [0.1, 0.15) is 11.5 Å². The number of unbranched alkanes of at least 4 members (excludes halogenated alkanes) is 13. The van der Waals surface area contributed by atoms with Crippen molar-refractivity contribution in [1.82, 2.24) is 0 Å². The number of hydrogen-bond acceptors (Lipinski definition) is 5. The van der Waals surface area contributed by atoms with Gasteiger partial charge in [-0.05, 0) is 67.1 Å². The molecular formula is C42H49ClN2O3. The summed E-state index contributed by atoms with van der Waals surface area (Å²) in [4.78, 5) is 13.3. The van der Waals surface area contributed by atoms with Crippen LogP contribution >= 0.6 is 11.6 Å². The van der Waals surface area contributed by atoms with Crippen molar-refractivity contribution in [3.8, 4) is 11.5 Å². The van der Waals surface area contributed by atoms with Crippen LogP contribution in [0.2, 0.25) is 5.02 Å². The SMILES string of the molecule is CCCCCCCCCCCCCCCCNc1ccc2c(c1)Oc1ccc(Nc3ccc(Cl)cc3)cc1C21OC(=O)c2ccccc21. The van der Waals surface area contributed by atoms with Crippen LogP contribution in [0.3, 0.4) is 0 Å². The third kappa shape index (κ3) is 7.84. The summed E-state index contributed by atoms with van der Waals surface area (Å²) in [5, 5.41) is 7.73. The standard InChI is InChI=1S/C42H49ClN2O3/c1-2-3-4-5-6-7-8-9-10-11-12-13-14-17-28-44-33-24-26-37-40(30-33)47-39-27-25-34(45-32-22-20-31(43)21-23-32)29-38(39)42(37)36-19-16-15-18-35(36)41(46)48-42/h15-16,18-27,29-30,44-45H,2-14,17,28H2,1H3. The molecule has 0 fully saturated rings. The lowest BCUT2D eigenvalue weighted by molar-refractivity contribution is 0.0224. The van der Waals surface area contributed by atoms with Gasteiger partial charge in [0.25, 0.3) is 0 Å². The highest BCUT2D eigenvalue weighted by Gasteiger charge is 2.53. The number of fused-ring (bicyclic) bond motifs is 6. The van der Waals surface area contributed by atoms with Crippen molar-refractivity contribution in [2.45, 2.75) is 102 Å². The maximum absolute atomic E-state index is 13.3. The molecule has 1 spiro atoms. The molecule has 48 heavy (non-hydrogen) atoms. The molecule has 0 saturated heterocycles. The van der Waals surface area contributed by atoms with E-state index in [1.807, 2.05) is 78.9 Å². The summed E-state index contributed by atoms with van der Waals surface area (Å²) in [6.45, 7) is 3.19. The van der Waals surface area contributed by atoms with Crippen LogP contribution in [0.5, 0.6) is 11.5 Å². The van der Waals surface area contributed by atoms with Crippen molar-refractivity contribution in [2.75, 3.05) is 17.2 Å². The second-order valence-electron chi connectivity index (χ2n) is 13.3. The number of benzene rings is 4. The molecule has 0 aliphatic carbocycles. The van der Waals surface area contributed by atoms with Crippen molar-refractivity contribution in [2.24, 2.45) is 0 Å². The topological polar surface area (TPSA) is 59.6 Å². The number of rotatable bonds is 18. The molecule has 5 nitrogen and oxygen atoms in total. The number of carbonyl (C=O) groups is 1. The quantitative estimate of drug-likeness (QED) is 0.0818. The second kappa shape index (κ2) is 16.4. The highest BCUT2D eigenvalue weighted by Crippen LogP contribution is 2.57. The van der Waals surface area contributed by atoms with Crippen LogP contribution in [-0.4, -0.2) is 12.5 Å². The van der Waals surface area contributed by atoms with Gasteiger partial charge in [-0.25, -0.2) is 4.79 Å². The molecule has 2 aliphatic heterocycles. The van der Waals surface area contributed by atoms with Gasteiger partial charge in [0, 0.05) is 51.4 Å². The van der Waals surface area contributed by atoms with E-state index in [0.717, 1.165) is 46.7 Å². The van der Waals surface area contributed by atoms with Crippen LogP contribution in [0.25, 0.3) is 0 Å². The molecule has 6 rings (SSSR count). The minimum Gasteiger partial charge on any atom is -0.456 e. The van der Waals surface area contributed by atoms with E-state index in [-0.39, 0.29) is 5.97 Å². The average Bonchev–Trinajstić information content (AvgIpc) is 3.40. The molecule has 1 unspecified atom stereocenters. The van der Waals surface area contributed by atoms with Crippen LogP contribution in [0.1, 0.15) is 124 Å². The molecule has 1 atom stereocenters. The van der Waals surface area contributed by atoms with Crippen molar-refractivity contribution >= 4 is 34.6 Å². The van der Waals surface area contributed by atoms with Gasteiger partial charge in [-0.2, -0.15) is 0 Å². The van der Waals surface area contributed by atoms with E-state index in [2.05, 4.69) is 23.6 Å². The molecular weight excluding hydrogens is 616 g/mol. The van der Waals surface area contributed by atoms with E-state index >= 15 is 0 Å². The van der Waals surface area contributed by atoms with E-state index in [9.17, 15) is 4.79 Å². The third-order valence-corrected chi connectivity index (χ3v) is 9.96. The van der Waals surface area contributed by atoms with E-state index in [1.54, 1.807) is 0 Å². The first-order valence-electron chi connectivity index (χ1n) is 18.1. The Morgan fingerprint density at radius 1 is 0.604 bits per heavy atom. The van der Waals surface area contributed by atoms with E-state index in [4.69, 9.17) is 21.1 Å². The number of halogens is 1. The van der Waals surface area contributed by atoms with Crippen LogP contribution in [0.15, 0.2) is 84.9 Å². The molecule has 0 radical (unpaired) electrons. The molecule has 2 N–H and O–H groups in total. The van der Waals surface area contributed by atoms with Gasteiger partial charge in [-0.1, -0.05) is 120 Å². The highest BCUT2D eigenvalue weighted by molar-refractivity contribution is 6.30. The summed E-state index contributed by atoms with van der Waals surface area (Å²) in [7, 11) is 0. The monoisotopic (exact) mass is 664 g/mol. The number of carbonyl (C=O) groups excluding carboxylic acids is 1. The summed E-state index contributed by atoms with van der Waals surface area (Å²) in [6, 6.07) is 27.3. The fourth-order valence-electron chi connectivity index (χ4n) is 7.11. The first kappa shape index (κ1) is 33.9. The molecule has 0 amide bonds. The van der Waals surface area contributed by atoms with Crippen LogP contribution in [0.4, 0.5) is 17.1 Å². The molecule has 2 aliphatic rings. The highest BCUT2D eigenvalue weighted by atomic mass is 35.5. The van der Waals surface area contributed by atoms with Gasteiger partial charge in [-0.3, -0.25) is 0 Å². The summed E-state index contributed by atoms with van der Waals surface area (Å²) in [6.07, 6.45) is 19.0. The van der Waals surface area contributed by atoms with Crippen molar-refractivity contribution < 1.29 is 14.3 Å². The number of ether oxygens (including phenoxy) is 2. The fraction of sp³-hybridized carbons (Fsp3) is 0.405. The van der Waals surface area contributed by atoms with Crippen molar-refractivity contribution in [3.05, 3.63) is 112 Å². The molecule has 0 saturated carbocycles. The Morgan fingerprint density at radius 3 is 1.94 bits per heavy atom. The number of hydrogen-bond donors (Lipinski definition) is 2. The number of esters is 1. The first-order chi connectivity index (χ1) is 23.6. The molecule has 4 aromatic carbocycles. The van der Waals surface area contributed by atoms with Crippen molar-refractivity contribution in [3.63, 3.8) is 0 Å². The maximum atomic E-state index is 13.3. The van der Waals surface area contributed by atoms with Crippen LogP contribution in [0, 0.1) is 0 Å². The Morgan fingerprint density at radius 2 is 1.23 bits per heavy atom. The van der Waals surface area contributed by atoms with E-state index in [1.165, 1.54) is 83.5 Å².